The second-order valence-electron chi connectivity index (χ2n) is 3.59. The summed E-state index contributed by atoms with van der Waals surface area (Å²) in [5, 5.41) is 6.81. The fraction of sp³-hybridized carbons (Fsp3) is 0.500. The SMILES string of the molecule is CCC(CC(N)=S)NC(=O)c1ccnn1C. The van der Waals surface area contributed by atoms with Crippen molar-refractivity contribution in [2.75, 3.05) is 0 Å². The summed E-state index contributed by atoms with van der Waals surface area (Å²) in [7, 11) is 1.73. The Labute approximate surface area is 100 Å². The highest BCUT2D eigenvalue weighted by molar-refractivity contribution is 7.80. The Morgan fingerprint density at radius 2 is 2.44 bits per heavy atom. The normalized spacial score (nSPS) is 12.1. The molecule has 0 radical (unpaired) electrons. The van der Waals surface area contributed by atoms with Crippen LogP contribution in [0.1, 0.15) is 30.3 Å². The largest absolute Gasteiger partial charge is 0.393 e. The molecule has 0 saturated heterocycles. The Bertz CT molecular complexity index is 388. The minimum atomic E-state index is -0.150. The lowest BCUT2D eigenvalue weighted by Gasteiger charge is -2.15. The number of aromatic nitrogens is 2. The van der Waals surface area contributed by atoms with Crippen molar-refractivity contribution in [2.24, 2.45) is 12.8 Å². The van der Waals surface area contributed by atoms with Gasteiger partial charge < -0.3 is 11.1 Å². The first-order valence-corrected chi connectivity index (χ1v) is 5.52. The van der Waals surface area contributed by atoms with Crippen LogP contribution in [0, 0.1) is 0 Å². The number of nitrogens with zero attached hydrogens (tertiary/aromatic N) is 2. The Hall–Kier alpha value is -1.43. The van der Waals surface area contributed by atoms with Crippen molar-refractivity contribution in [3.05, 3.63) is 18.0 Å². The lowest BCUT2D eigenvalue weighted by Crippen LogP contribution is -2.37. The lowest BCUT2D eigenvalue weighted by atomic mass is 10.1. The van der Waals surface area contributed by atoms with Crippen LogP contribution in [0.4, 0.5) is 0 Å². The van der Waals surface area contributed by atoms with Crippen LogP contribution in [0.2, 0.25) is 0 Å². The average molecular weight is 240 g/mol. The summed E-state index contributed by atoms with van der Waals surface area (Å²) < 4.78 is 1.53. The summed E-state index contributed by atoms with van der Waals surface area (Å²) in [5.41, 5.74) is 5.98. The average Bonchev–Trinajstić information content (AvgIpc) is 2.62. The molecule has 1 heterocycles. The molecule has 0 spiro atoms. The van der Waals surface area contributed by atoms with Crippen LogP contribution in [-0.4, -0.2) is 26.7 Å². The zero-order valence-corrected chi connectivity index (χ0v) is 10.3. The number of rotatable bonds is 5. The summed E-state index contributed by atoms with van der Waals surface area (Å²) in [6.45, 7) is 1.98. The Morgan fingerprint density at radius 1 is 1.75 bits per heavy atom. The number of aryl methyl sites for hydroxylation is 1. The van der Waals surface area contributed by atoms with Crippen LogP contribution in [0.15, 0.2) is 12.3 Å². The van der Waals surface area contributed by atoms with Gasteiger partial charge in [0, 0.05) is 25.7 Å². The zero-order valence-electron chi connectivity index (χ0n) is 9.43. The van der Waals surface area contributed by atoms with Crippen molar-refractivity contribution in [1.82, 2.24) is 15.1 Å². The van der Waals surface area contributed by atoms with Gasteiger partial charge in [-0.15, -0.1) is 0 Å². The third kappa shape index (κ3) is 3.30. The van der Waals surface area contributed by atoms with E-state index in [1.54, 1.807) is 19.3 Å². The maximum atomic E-state index is 11.8. The molecule has 1 atom stereocenters. The summed E-state index contributed by atoms with van der Waals surface area (Å²) in [6.07, 6.45) is 2.90. The van der Waals surface area contributed by atoms with Gasteiger partial charge in [0.2, 0.25) is 0 Å². The minimum absolute atomic E-state index is 0.0140. The molecule has 16 heavy (non-hydrogen) atoms. The summed E-state index contributed by atoms with van der Waals surface area (Å²) in [4.78, 5) is 12.2. The van der Waals surface area contributed by atoms with Gasteiger partial charge in [0.15, 0.2) is 0 Å². The highest BCUT2D eigenvalue weighted by atomic mass is 32.1. The molecule has 1 aromatic heterocycles. The Morgan fingerprint density at radius 3 is 2.88 bits per heavy atom. The minimum Gasteiger partial charge on any atom is -0.393 e. The topological polar surface area (TPSA) is 72.9 Å². The zero-order chi connectivity index (χ0) is 12.1. The summed E-state index contributed by atoms with van der Waals surface area (Å²) >= 11 is 4.83. The molecule has 88 valence electrons. The van der Waals surface area contributed by atoms with Crippen molar-refractivity contribution in [3.63, 3.8) is 0 Å². The molecule has 5 nitrogen and oxygen atoms in total. The number of thiocarbonyl (C=S) groups is 1. The monoisotopic (exact) mass is 240 g/mol. The number of hydrogen-bond donors (Lipinski definition) is 2. The van der Waals surface area contributed by atoms with Gasteiger partial charge >= 0.3 is 0 Å². The molecular weight excluding hydrogens is 224 g/mol. The molecule has 3 N–H and O–H groups in total. The van der Waals surface area contributed by atoms with Crippen LogP contribution < -0.4 is 11.1 Å². The van der Waals surface area contributed by atoms with Gasteiger partial charge in [-0.1, -0.05) is 19.1 Å². The molecule has 1 amide bonds. The molecule has 0 aliphatic carbocycles. The smallest absolute Gasteiger partial charge is 0.269 e. The predicted octanol–water partition coefficient (Wildman–Crippen LogP) is 0.605. The molecule has 6 heteroatoms. The summed E-state index contributed by atoms with van der Waals surface area (Å²) in [5.74, 6) is -0.150. The maximum absolute atomic E-state index is 11.8. The predicted molar refractivity (Wildman–Crippen MR) is 66.2 cm³/mol. The van der Waals surface area contributed by atoms with Gasteiger partial charge in [-0.05, 0) is 12.5 Å². The number of hydrogen-bond acceptors (Lipinski definition) is 3. The molecule has 0 aromatic carbocycles. The molecule has 1 unspecified atom stereocenters. The van der Waals surface area contributed by atoms with E-state index < -0.39 is 0 Å². The summed E-state index contributed by atoms with van der Waals surface area (Å²) in [6, 6.07) is 1.66. The van der Waals surface area contributed by atoms with E-state index in [0.29, 0.717) is 17.1 Å². The van der Waals surface area contributed by atoms with E-state index in [4.69, 9.17) is 18.0 Å². The lowest BCUT2D eigenvalue weighted by molar-refractivity contribution is 0.0927. The number of nitrogens with one attached hydrogen (secondary N) is 1. The van der Waals surface area contributed by atoms with E-state index in [-0.39, 0.29) is 11.9 Å². The highest BCUT2D eigenvalue weighted by Crippen LogP contribution is 2.02. The molecule has 0 saturated carbocycles. The van der Waals surface area contributed by atoms with Gasteiger partial charge in [-0.3, -0.25) is 9.48 Å². The molecular formula is C10H16N4OS. The van der Waals surface area contributed by atoms with Gasteiger partial charge in [0.05, 0.1) is 4.99 Å². The molecule has 0 aliphatic rings. The quantitative estimate of drug-likeness (QED) is 0.739. The van der Waals surface area contributed by atoms with Crippen LogP contribution in [0.3, 0.4) is 0 Å². The fourth-order valence-corrected chi connectivity index (χ4v) is 1.60. The van der Waals surface area contributed by atoms with Gasteiger partial charge in [0.25, 0.3) is 5.91 Å². The van der Waals surface area contributed by atoms with Crippen LogP contribution >= 0.6 is 12.2 Å². The standard InChI is InChI=1S/C10H16N4OS/c1-3-7(6-9(11)16)13-10(15)8-4-5-12-14(8)2/h4-5,7H,3,6H2,1-2H3,(H2,11,16)(H,13,15). The Balaban J connectivity index is 2.62. The molecule has 0 aliphatic heterocycles. The number of carbonyl (C=O) groups excluding carboxylic acids is 1. The van der Waals surface area contributed by atoms with Crippen molar-refractivity contribution >= 4 is 23.1 Å². The molecule has 0 fully saturated rings. The highest BCUT2D eigenvalue weighted by Gasteiger charge is 2.15. The van der Waals surface area contributed by atoms with Crippen LogP contribution in [-0.2, 0) is 7.05 Å². The second kappa shape index (κ2) is 5.60. The maximum Gasteiger partial charge on any atom is 0.269 e. The first-order chi connectivity index (χ1) is 7.54. The van der Waals surface area contributed by atoms with E-state index in [0.717, 1.165) is 6.42 Å². The van der Waals surface area contributed by atoms with Crippen molar-refractivity contribution < 1.29 is 4.79 Å². The van der Waals surface area contributed by atoms with Crippen molar-refractivity contribution in [1.29, 1.82) is 0 Å². The van der Waals surface area contributed by atoms with E-state index in [1.807, 2.05) is 6.92 Å². The van der Waals surface area contributed by atoms with Gasteiger partial charge in [-0.25, -0.2) is 0 Å². The number of amides is 1. The van der Waals surface area contributed by atoms with Crippen LogP contribution in [0.5, 0.6) is 0 Å². The van der Waals surface area contributed by atoms with Crippen LogP contribution in [0.25, 0.3) is 0 Å². The number of carbonyl (C=O) groups is 1. The molecule has 0 bridgehead atoms. The first-order valence-electron chi connectivity index (χ1n) is 5.11. The van der Waals surface area contributed by atoms with Crippen molar-refractivity contribution in [2.45, 2.75) is 25.8 Å². The van der Waals surface area contributed by atoms with Gasteiger partial charge in [-0.2, -0.15) is 5.10 Å². The van der Waals surface area contributed by atoms with E-state index in [1.165, 1.54) is 4.68 Å². The third-order valence-electron chi connectivity index (χ3n) is 2.33. The van der Waals surface area contributed by atoms with E-state index >= 15 is 0 Å². The van der Waals surface area contributed by atoms with Crippen molar-refractivity contribution in [3.8, 4) is 0 Å². The number of nitrogens with two attached hydrogens (primary N) is 1. The van der Waals surface area contributed by atoms with E-state index in [9.17, 15) is 4.79 Å². The second-order valence-corrected chi connectivity index (χ2v) is 4.11. The molecule has 1 aromatic rings. The fourth-order valence-electron chi connectivity index (χ4n) is 1.40. The Kier molecular flexibility index (Phi) is 4.42. The third-order valence-corrected chi connectivity index (χ3v) is 2.50. The first kappa shape index (κ1) is 12.6. The van der Waals surface area contributed by atoms with Gasteiger partial charge in [0.1, 0.15) is 5.69 Å². The molecule has 1 rings (SSSR count). The van der Waals surface area contributed by atoms with E-state index in [2.05, 4.69) is 10.4 Å².